The number of benzene rings is 1. The lowest BCUT2D eigenvalue weighted by Gasteiger charge is -2.39. The molecule has 3 heteroatoms. The van der Waals surface area contributed by atoms with Crippen LogP contribution in [0.5, 0.6) is 0 Å². The molecule has 17 heavy (non-hydrogen) atoms. The Morgan fingerprint density at radius 3 is 2.65 bits per heavy atom. The summed E-state index contributed by atoms with van der Waals surface area (Å²) in [4.78, 5) is 0. The molecule has 0 aliphatic carbocycles. The van der Waals surface area contributed by atoms with Crippen molar-refractivity contribution in [3.8, 4) is 0 Å². The van der Waals surface area contributed by atoms with Gasteiger partial charge in [-0.05, 0) is 44.4 Å². The predicted octanol–water partition coefficient (Wildman–Crippen LogP) is 3.61. The Kier molecular flexibility index (Phi) is 4.43. The van der Waals surface area contributed by atoms with Crippen molar-refractivity contribution >= 4 is 11.6 Å². The highest BCUT2D eigenvalue weighted by molar-refractivity contribution is 6.30. The maximum absolute atomic E-state index is 5.98. The molecule has 1 aliphatic rings. The summed E-state index contributed by atoms with van der Waals surface area (Å²) >= 11 is 5.98. The van der Waals surface area contributed by atoms with Crippen LogP contribution in [-0.2, 0) is 6.54 Å². The Labute approximate surface area is 109 Å². The van der Waals surface area contributed by atoms with Gasteiger partial charge in [0.1, 0.15) is 0 Å². The molecule has 2 nitrogen and oxygen atoms in total. The van der Waals surface area contributed by atoms with Crippen LogP contribution in [0.1, 0.15) is 38.7 Å². The van der Waals surface area contributed by atoms with Gasteiger partial charge in [0.2, 0.25) is 0 Å². The van der Waals surface area contributed by atoms with Gasteiger partial charge in [0, 0.05) is 23.7 Å². The fourth-order valence-electron chi connectivity index (χ4n) is 2.56. The van der Waals surface area contributed by atoms with E-state index in [1.54, 1.807) is 0 Å². The monoisotopic (exact) mass is 252 g/mol. The molecule has 2 unspecified atom stereocenters. The molecule has 0 radical (unpaired) electrons. The minimum atomic E-state index is 0.623. The molecule has 2 atom stereocenters. The normalized spacial score (nSPS) is 26.1. The summed E-state index contributed by atoms with van der Waals surface area (Å²) in [6.45, 7) is 5.44. The van der Waals surface area contributed by atoms with Crippen LogP contribution in [0.25, 0.3) is 0 Å². The van der Waals surface area contributed by atoms with E-state index in [1.807, 2.05) is 18.2 Å². The molecule has 1 aromatic rings. The van der Waals surface area contributed by atoms with Crippen LogP contribution in [0, 0.1) is 0 Å². The summed E-state index contributed by atoms with van der Waals surface area (Å²) in [6, 6.07) is 9.29. The molecule has 1 heterocycles. The number of halogens is 1. The van der Waals surface area contributed by atoms with Crippen LogP contribution in [0.3, 0.4) is 0 Å². The van der Waals surface area contributed by atoms with Crippen LogP contribution in [-0.4, -0.2) is 17.1 Å². The van der Waals surface area contributed by atoms with E-state index in [0.717, 1.165) is 11.6 Å². The summed E-state index contributed by atoms with van der Waals surface area (Å²) in [7, 11) is 0. The fourth-order valence-corrected chi connectivity index (χ4v) is 2.78. The lowest BCUT2D eigenvalue weighted by molar-refractivity contribution is 0.0435. The van der Waals surface area contributed by atoms with Gasteiger partial charge in [0.25, 0.3) is 0 Å². The predicted molar refractivity (Wildman–Crippen MR) is 72.9 cm³/mol. The highest BCUT2D eigenvalue weighted by Crippen LogP contribution is 2.20. The average molecular weight is 253 g/mol. The zero-order chi connectivity index (χ0) is 12.3. The van der Waals surface area contributed by atoms with Gasteiger partial charge in [-0.3, -0.25) is 5.43 Å². The van der Waals surface area contributed by atoms with Gasteiger partial charge in [-0.25, -0.2) is 5.01 Å². The van der Waals surface area contributed by atoms with Crippen LogP contribution >= 0.6 is 11.6 Å². The Morgan fingerprint density at radius 1 is 1.29 bits per heavy atom. The molecule has 1 aliphatic heterocycles. The van der Waals surface area contributed by atoms with Crippen molar-refractivity contribution in [2.45, 2.75) is 51.7 Å². The largest absolute Gasteiger partial charge is 0.250 e. The number of nitrogens with one attached hydrogen (secondary N) is 1. The maximum Gasteiger partial charge on any atom is 0.0409 e. The minimum Gasteiger partial charge on any atom is -0.250 e. The molecule has 0 aromatic heterocycles. The molecule has 0 saturated carbocycles. The van der Waals surface area contributed by atoms with E-state index in [2.05, 4.69) is 30.3 Å². The molecule has 0 bridgehead atoms. The van der Waals surface area contributed by atoms with E-state index in [9.17, 15) is 0 Å². The molecular formula is C14H21ClN2. The first-order valence-corrected chi connectivity index (χ1v) is 6.81. The highest BCUT2D eigenvalue weighted by atomic mass is 35.5. The number of rotatable bonds is 3. The molecule has 0 spiro atoms. The topological polar surface area (TPSA) is 15.3 Å². The minimum absolute atomic E-state index is 0.623. The van der Waals surface area contributed by atoms with E-state index in [4.69, 9.17) is 11.6 Å². The van der Waals surface area contributed by atoms with Gasteiger partial charge in [-0.1, -0.05) is 30.2 Å². The van der Waals surface area contributed by atoms with E-state index in [0.29, 0.717) is 12.1 Å². The quantitative estimate of drug-likeness (QED) is 0.884. The summed E-state index contributed by atoms with van der Waals surface area (Å²) < 4.78 is 0. The van der Waals surface area contributed by atoms with Crippen LogP contribution < -0.4 is 5.43 Å². The number of nitrogens with zero attached hydrogens (tertiary/aromatic N) is 1. The number of hydrazine groups is 1. The Bertz CT molecular complexity index is 357. The summed E-state index contributed by atoms with van der Waals surface area (Å²) in [6.07, 6.45) is 3.91. The van der Waals surface area contributed by atoms with Crippen molar-refractivity contribution in [3.63, 3.8) is 0 Å². The van der Waals surface area contributed by atoms with Crippen LogP contribution in [0.4, 0.5) is 0 Å². The van der Waals surface area contributed by atoms with Crippen molar-refractivity contribution in [1.82, 2.24) is 10.4 Å². The second-order valence-electron chi connectivity index (χ2n) is 5.00. The average Bonchev–Trinajstić information content (AvgIpc) is 2.28. The van der Waals surface area contributed by atoms with Gasteiger partial charge >= 0.3 is 0 Å². The molecule has 1 fully saturated rings. The second kappa shape index (κ2) is 5.85. The van der Waals surface area contributed by atoms with Gasteiger partial charge in [-0.15, -0.1) is 0 Å². The second-order valence-corrected chi connectivity index (χ2v) is 5.44. The molecule has 0 amide bonds. The van der Waals surface area contributed by atoms with Crippen molar-refractivity contribution in [3.05, 3.63) is 34.9 Å². The number of piperidine rings is 1. The Morgan fingerprint density at radius 2 is 2.00 bits per heavy atom. The number of hydrogen-bond acceptors (Lipinski definition) is 2. The van der Waals surface area contributed by atoms with Crippen LogP contribution in [0.2, 0.25) is 5.02 Å². The maximum atomic E-state index is 5.98. The Hall–Kier alpha value is -0.570. The van der Waals surface area contributed by atoms with E-state index in [-0.39, 0.29) is 0 Å². The zero-order valence-corrected chi connectivity index (χ0v) is 11.4. The highest BCUT2D eigenvalue weighted by Gasteiger charge is 2.23. The first-order valence-electron chi connectivity index (χ1n) is 6.43. The molecule has 94 valence electrons. The molecular weight excluding hydrogens is 232 g/mol. The van der Waals surface area contributed by atoms with Crippen molar-refractivity contribution in [2.24, 2.45) is 0 Å². The smallest absolute Gasteiger partial charge is 0.0409 e. The standard InChI is InChI=1S/C14H21ClN2/c1-11-5-3-6-12(2)17(11)16-10-13-7-4-8-14(15)9-13/h4,7-9,11-12,16H,3,5-6,10H2,1-2H3. The third-order valence-corrected chi connectivity index (χ3v) is 3.78. The van der Waals surface area contributed by atoms with Gasteiger partial charge < -0.3 is 0 Å². The third kappa shape index (κ3) is 3.44. The van der Waals surface area contributed by atoms with E-state index in [1.165, 1.54) is 24.8 Å². The van der Waals surface area contributed by atoms with Crippen LogP contribution in [0.15, 0.2) is 24.3 Å². The lowest BCUT2D eigenvalue weighted by atomic mass is 10.00. The first kappa shape index (κ1) is 12.9. The van der Waals surface area contributed by atoms with Crippen molar-refractivity contribution in [1.29, 1.82) is 0 Å². The van der Waals surface area contributed by atoms with Gasteiger partial charge in [0.05, 0.1) is 0 Å². The van der Waals surface area contributed by atoms with Gasteiger partial charge in [-0.2, -0.15) is 0 Å². The first-order chi connectivity index (χ1) is 8.16. The molecule has 2 rings (SSSR count). The van der Waals surface area contributed by atoms with Gasteiger partial charge in [0.15, 0.2) is 0 Å². The van der Waals surface area contributed by atoms with Crippen molar-refractivity contribution in [2.75, 3.05) is 0 Å². The SMILES string of the molecule is CC1CCCC(C)N1NCc1cccc(Cl)c1. The lowest BCUT2D eigenvalue weighted by Crippen LogP contribution is -2.51. The zero-order valence-electron chi connectivity index (χ0n) is 10.6. The molecule has 1 N–H and O–H groups in total. The number of hydrogen-bond donors (Lipinski definition) is 1. The van der Waals surface area contributed by atoms with Crippen molar-refractivity contribution < 1.29 is 0 Å². The summed E-state index contributed by atoms with van der Waals surface area (Å²) in [5.41, 5.74) is 4.78. The Balaban J connectivity index is 1.92. The molecule has 1 saturated heterocycles. The third-order valence-electron chi connectivity index (χ3n) is 3.55. The summed E-state index contributed by atoms with van der Waals surface area (Å²) in [5, 5.41) is 3.20. The van der Waals surface area contributed by atoms with E-state index >= 15 is 0 Å². The molecule has 1 aromatic carbocycles. The summed E-state index contributed by atoms with van der Waals surface area (Å²) in [5.74, 6) is 0. The fraction of sp³-hybridized carbons (Fsp3) is 0.571. The van der Waals surface area contributed by atoms with E-state index < -0.39 is 0 Å².